The third-order valence-electron chi connectivity index (χ3n) is 4.41. The molecule has 2 unspecified atom stereocenters. The maximum absolute atomic E-state index is 10.5. The molecule has 0 fully saturated rings. The van der Waals surface area contributed by atoms with Crippen LogP contribution in [0.2, 0.25) is 0 Å². The molecule has 0 saturated carbocycles. The van der Waals surface area contributed by atoms with E-state index in [0.717, 1.165) is 67.6 Å². The number of aromatic nitrogens is 1. The van der Waals surface area contributed by atoms with Crippen LogP contribution in [0.25, 0.3) is 10.9 Å². The zero-order valence-electron chi connectivity index (χ0n) is 14.3. The zero-order valence-corrected chi connectivity index (χ0v) is 14.3. The van der Waals surface area contributed by atoms with Gasteiger partial charge < -0.3 is 20.6 Å². The fourth-order valence-corrected chi connectivity index (χ4v) is 3.00. The molecule has 0 bridgehead atoms. The van der Waals surface area contributed by atoms with E-state index in [0.29, 0.717) is 5.92 Å². The Balaban J connectivity index is 1.88. The van der Waals surface area contributed by atoms with Crippen LogP contribution in [0.1, 0.15) is 57.7 Å². The Labute approximate surface area is 139 Å². The number of hydrogen-bond donors (Lipinski definition) is 3. The first-order valence-corrected chi connectivity index (χ1v) is 8.78. The predicted molar refractivity (Wildman–Crippen MR) is 96.4 cm³/mol. The molecule has 2 rings (SSSR count). The number of aliphatic hydroxyl groups excluding tert-OH is 1. The lowest BCUT2D eigenvalue weighted by atomic mass is 9.93. The molecule has 128 valence electrons. The molecule has 4 nitrogen and oxygen atoms in total. The molecular weight excluding hydrogens is 288 g/mol. The van der Waals surface area contributed by atoms with Crippen molar-refractivity contribution in [1.82, 2.24) is 4.98 Å². The van der Waals surface area contributed by atoms with Gasteiger partial charge in [-0.3, -0.25) is 0 Å². The third-order valence-corrected chi connectivity index (χ3v) is 4.41. The molecule has 0 saturated heterocycles. The van der Waals surface area contributed by atoms with E-state index >= 15 is 0 Å². The van der Waals surface area contributed by atoms with Gasteiger partial charge in [0.2, 0.25) is 0 Å². The molecule has 0 aliphatic heterocycles. The summed E-state index contributed by atoms with van der Waals surface area (Å²) in [5.41, 5.74) is 8.46. The second kappa shape index (κ2) is 8.94. The summed E-state index contributed by atoms with van der Waals surface area (Å²) < 4.78 is 5.54. The normalized spacial score (nSPS) is 14.2. The number of aliphatic hydroxyl groups is 1. The predicted octanol–water partition coefficient (Wildman–Crippen LogP) is 4.41. The van der Waals surface area contributed by atoms with Crippen molar-refractivity contribution in [3.8, 4) is 0 Å². The fourth-order valence-electron chi connectivity index (χ4n) is 3.00. The number of hydrogen-bond acceptors (Lipinski definition) is 3. The summed E-state index contributed by atoms with van der Waals surface area (Å²) in [4.78, 5) is 3.31. The highest BCUT2D eigenvalue weighted by molar-refractivity contribution is 5.83. The molecule has 4 heteroatoms. The van der Waals surface area contributed by atoms with Crippen LogP contribution in [0.3, 0.4) is 0 Å². The van der Waals surface area contributed by atoms with Gasteiger partial charge in [-0.15, -0.1) is 0 Å². The van der Waals surface area contributed by atoms with Crippen molar-refractivity contribution in [2.75, 3.05) is 18.9 Å². The summed E-state index contributed by atoms with van der Waals surface area (Å²) in [6.45, 7) is 5.99. The van der Waals surface area contributed by atoms with Crippen LogP contribution in [0, 0.1) is 5.92 Å². The largest absolute Gasteiger partial charge is 0.399 e. The number of H-pyrrole nitrogens is 1. The molecule has 0 amide bonds. The fraction of sp³-hybridized carbons (Fsp3) is 0.579. The topological polar surface area (TPSA) is 71.3 Å². The van der Waals surface area contributed by atoms with Crippen molar-refractivity contribution in [2.45, 2.75) is 52.1 Å². The molecule has 23 heavy (non-hydrogen) atoms. The highest BCUT2D eigenvalue weighted by atomic mass is 16.5. The van der Waals surface area contributed by atoms with Gasteiger partial charge in [-0.25, -0.2) is 0 Å². The van der Waals surface area contributed by atoms with Gasteiger partial charge in [-0.05, 0) is 55.9 Å². The Hall–Kier alpha value is -1.52. The van der Waals surface area contributed by atoms with Crippen LogP contribution >= 0.6 is 0 Å². The summed E-state index contributed by atoms with van der Waals surface area (Å²) in [6, 6.07) is 7.78. The maximum Gasteiger partial charge on any atom is 0.0940 e. The number of nitrogens with one attached hydrogen (secondary N) is 1. The van der Waals surface area contributed by atoms with Crippen LogP contribution in [0.15, 0.2) is 24.3 Å². The van der Waals surface area contributed by atoms with Crippen LogP contribution in [0.4, 0.5) is 5.69 Å². The first-order chi connectivity index (χ1) is 11.1. The molecule has 2 atom stereocenters. The van der Waals surface area contributed by atoms with E-state index in [1.54, 1.807) is 0 Å². The van der Waals surface area contributed by atoms with Crippen molar-refractivity contribution >= 4 is 16.6 Å². The smallest absolute Gasteiger partial charge is 0.0940 e. The van der Waals surface area contributed by atoms with Gasteiger partial charge in [-0.2, -0.15) is 0 Å². The number of benzene rings is 1. The number of ether oxygens (including phenoxy) is 1. The molecular formula is C19H30N2O2. The Morgan fingerprint density at radius 3 is 2.78 bits per heavy atom. The van der Waals surface area contributed by atoms with E-state index in [4.69, 9.17) is 10.5 Å². The SMILES string of the molecule is CCCOCCCC(CC)CC(O)c1cc2cc(N)ccc2[nH]1. The molecule has 0 aliphatic rings. The van der Waals surface area contributed by atoms with Crippen LogP contribution < -0.4 is 5.73 Å². The molecule has 0 spiro atoms. The maximum atomic E-state index is 10.5. The first-order valence-electron chi connectivity index (χ1n) is 8.78. The standard InChI is InChI=1S/C19H30N2O2/c1-3-9-23-10-5-6-14(4-2)11-19(22)18-13-15-12-16(20)7-8-17(15)21-18/h7-8,12-14,19,21-22H,3-6,9-11,20H2,1-2H3. The minimum absolute atomic E-state index is 0.454. The van der Waals surface area contributed by atoms with Crippen molar-refractivity contribution in [3.05, 3.63) is 30.0 Å². The Kier molecular flexibility index (Phi) is 6.93. The van der Waals surface area contributed by atoms with E-state index in [1.165, 1.54) is 0 Å². The van der Waals surface area contributed by atoms with Gasteiger partial charge in [-0.1, -0.05) is 20.3 Å². The average Bonchev–Trinajstić information content (AvgIpc) is 2.96. The molecule has 1 aromatic heterocycles. The molecule has 0 radical (unpaired) electrons. The minimum atomic E-state index is -0.454. The Morgan fingerprint density at radius 1 is 1.22 bits per heavy atom. The van der Waals surface area contributed by atoms with Gasteiger partial charge in [0.05, 0.1) is 6.10 Å². The van der Waals surface area contributed by atoms with Crippen molar-refractivity contribution in [3.63, 3.8) is 0 Å². The van der Waals surface area contributed by atoms with E-state index in [2.05, 4.69) is 18.8 Å². The zero-order chi connectivity index (χ0) is 16.7. The van der Waals surface area contributed by atoms with E-state index in [9.17, 15) is 5.11 Å². The quantitative estimate of drug-likeness (QED) is 0.449. The highest BCUT2D eigenvalue weighted by Gasteiger charge is 2.16. The van der Waals surface area contributed by atoms with Crippen LogP contribution in [0.5, 0.6) is 0 Å². The summed E-state index contributed by atoms with van der Waals surface area (Å²) in [5.74, 6) is 0.520. The van der Waals surface area contributed by atoms with Gasteiger partial charge in [0.15, 0.2) is 0 Å². The molecule has 2 aromatic rings. The van der Waals surface area contributed by atoms with E-state index < -0.39 is 6.10 Å². The lowest BCUT2D eigenvalue weighted by molar-refractivity contribution is 0.113. The highest BCUT2D eigenvalue weighted by Crippen LogP contribution is 2.28. The van der Waals surface area contributed by atoms with E-state index in [1.807, 2.05) is 24.3 Å². The van der Waals surface area contributed by atoms with Gasteiger partial charge in [0.1, 0.15) is 0 Å². The first kappa shape index (κ1) is 17.8. The Morgan fingerprint density at radius 2 is 2.04 bits per heavy atom. The molecule has 0 aliphatic carbocycles. The average molecular weight is 318 g/mol. The monoisotopic (exact) mass is 318 g/mol. The van der Waals surface area contributed by atoms with E-state index in [-0.39, 0.29) is 0 Å². The number of anilines is 1. The van der Waals surface area contributed by atoms with Crippen LogP contribution in [-0.4, -0.2) is 23.3 Å². The lowest BCUT2D eigenvalue weighted by Crippen LogP contribution is -2.08. The molecule has 4 N–H and O–H groups in total. The molecule has 1 heterocycles. The second-order valence-electron chi connectivity index (χ2n) is 6.35. The van der Waals surface area contributed by atoms with Crippen molar-refractivity contribution in [1.29, 1.82) is 0 Å². The summed E-state index contributed by atoms with van der Waals surface area (Å²) in [5, 5.41) is 11.6. The lowest BCUT2D eigenvalue weighted by Gasteiger charge is -2.18. The summed E-state index contributed by atoms with van der Waals surface area (Å²) in [7, 11) is 0. The number of nitrogen functional groups attached to an aromatic ring is 1. The van der Waals surface area contributed by atoms with Gasteiger partial charge >= 0.3 is 0 Å². The summed E-state index contributed by atoms with van der Waals surface area (Å²) in [6.07, 6.45) is 4.65. The van der Waals surface area contributed by atoms with Crippen LogP contribution in [-0.2, 0) is 4.74 Å². The summed E-state index contributed by atoms with van der Waals surface area (Å²) >= 11 is 0. The number of aromatic amines is 1. The van der Waals surface area contributed by atoms with Crippen molar-refractivity contribution < 1.29 is 9.84 Å². The number of nitrogens with two attached hydrogens (primary N) is 1. The van der Waals surface area contributed by atoms with Crippen molar-refractivity contribution in [2.24, 2.45) is 5.92 Å². The second-order valence-corrected chi connectivity index (χ2v) is 6.35. The van der Waals surface area contributed by atoms with Gasteiger partial charge in [0, 0.05) is 35.5 Å². The number of rotatable bonds is 10. The van der Waals surface area contributed by atoms with Gasteiger partial charge in [0.25, 0.3) is 0 Å². The Bertz CT molecular complexity index is 594. The number of fused-ring (bicyclic) bond motifs is 1. The minimum Gasteiger partial charge on any atom is -0.399 e. The third kappa shape index (κ3) is 5.26. The molecule has 1 aromatic carbocycles.